The Balaban J connectivity index is 2.15. The highest BCUT2D eigenvalue weighted by Gasteiger charge is 2.32. The van der Waals surface area contributed by atoms with Gasteiger partial charge in [0, 0.05) is 18.7 Å². The number of likely N-dealkylation sites (N-methyl/N-ethyl adjacent to an activating group) is 1. The van der Waals surface area contributed by atoms with Gasteiger partial charge >= 0.3 is 0 Å². The van der Waals surface area contributed by atoms with Gasteiger partial charge in [0.1, 0.15) is 0 Å². The summed E-state index contributed by atoms with van der Waals surface area (Å²) in [6.45, 7) is 5.58. The minimum Gasteiger partial charge on any atom is -0.372 e. The van der Waals surface area contributed by atoms with Crippen LogP contribution in [0.4, 0.5) is 5.69 Å². The van der Waals surface area contributed by atoms with Gasteiger partial charge in [-0.3, -0.25) is 15.0 Å². The van der Waals surface area contributed by atoms with E-state index >= 15 is 0 Å². The Morgan fingerprint density at radius 1 is 1.39 bits per heavy atom. The highest BCUT2D eigenvalue weighted by atomic mass is 16.6. The third kappa shape index (κ3) is 2.68. The molecule has 0 aliphatic carbocycles. The molecule has 0 bridgehead atoms. The van der Waals surface area contributed by atoms with Gasteiger partial charge < -0.3 is 4.74 Å². The molecular formula is C13H18N2O3. The van der Waals surface area contributed by atoms with E-state index in [1.807, 2.05) is 0 Å². The fourth-order valence-corrected chi connectivity index (χ4v) is 2.36. The van der Waals surface area contributed by atoms with Crippen LogP contribution >= 0.6 is 0 Å². The summed E-state index contributed by atoms with van der Waals surface area (Å²) in [5.41, 5.74) is 1.04. The molecule has 0 amide bonds. The Labute approximate surface area is 107 Å². The molecular weight excluding hydrogens is 232 g/mol. The zero-order chi connectivity index (χ0) is 13.3. The number of ether oxygens (including phenoxy) is 1. The minimum absolute atomic E-state index is 0.124. The van der Waals surface area contributed by atoms with Gasteiger partial charge in [0.2, 0.25) is 0 Å². The SMILES string of the molecule is CN1CC(C)(C)OC[C@@H]1c1ccc([N+](=O)[O-])cc1. The van der Waals surface area contributed by atoms with Crippen LogP contribution in [0.2, 0.25) is 0 Å². The summed E-state index contributed by atoms with van der Waals surface area (Å²) in [6.07, 6.45) is 0. The van der Waals surface area contributed by atoms with Crippen LogP contribution in [0.15, 0.2) is 24.3 Å². The van der Waals surface area contributed by atoms with Crippen LogP contribution < -0.4 is 0 Å². The molecule has 0 spiro atoms. The summed E-state index contributed by atoms with van der Waals surface area (Å²) in [5, 5.41) is 10.6. The van der Waals surface area contributed by atoms with E-state index in [-0.39, 0.29) is 22.3 Å². The lowest BCUT2D eigenvalue weighted by Crippen LogP contribution is -2.48. The lowest BCUT2D eigenvalue weighted by molar-refractivity contribution is -0.384. The van der Waals surface area contributed by atoms with Crippen molar-refractivity contribution in [2.75, 3.05) is 20.2 Å². The molecule has 1 saturated heterocycles. The fourth-order valence-electron chi connectivity index (χ4n) is 2.36. The zero-order valence-corrected chi connectivity index (χ0v) is 10.9. The monoisotopic (exact) mass is 250 g/mol. The van der Waals surface area contributed by atoms with Crippen molar-refractivity contribution < 1.29 is 9.66 Å². The Morgan fingerprint density at radius 2 is 2.00 bits per heavy atom. The Hall–Kier alpha value is -1.46. The van der Waals surface area contributed by atoms with Crippen LogP contribution in [0.5, 0.6) is 0 Å². The highest BCUT2D eigenvalue weighted by molar-refractivity contribution is 5.34. The summed E-state index contributed by atoms with van der Waals surface area (Å²) in [4.78, 5) is 12.5. The van der Waals surface area contributed by atoms with Gasteiger partial charge in [-0.25, -0.2) is 0 Å². The van der Waals surface area contributed by atoms with Crippen molar-refractivity contribution in [3.05, 3.63) is 39.9 Å². The average molecular weight is 250 g/mol. The van der Waals surface area contributed by atoms with Crippen LogP contribution in [0.3, 0.4) is 0 Å². The fraction of sp³-hybridized carbons (Fsp3) is 0.538. The van der Waals surface area contributed by atoms with E-state index in [0.29, 0.717) is 6.61 Å². The van der Waals surface area contributed by atoms with E-state index < -0.39 is 0 Å². The first-order valence-corrected chi connectivity index (χ1v) is 5.98. The van der Waals surface area contributed by atoms with Gasteiger partial charge in [-0.15, -0.1) is 0 Å². The number of hydrogen-bond acceptors (Lipinski definition) is 4. The smallest absolute Gasteiger partial charge is 0.269 e. The number of morpholine rings is 1. The second-order valence-electron chi connectivity index (χ2n) is 5.35. The summed E-state index contributed by atoms with van der Waals surface area (Å²) >= 11 is 0. The van der Waals surface area contributed by atoms with E-state index in [9.17, 15) is 10.1 Å². The van der Waals surface area contributed by atoms with E-state index in [0.717, 1.165) is 12.1 Å². The second-order valence-corrected chi connectivity index (χ2v) is 5.35. The molecule has 0 radical (unpaired) electrons. The predicted molar refractivity (Wildman–Crippen MR) is 68.5 cm³/mol. The van der Waals surface area contributed by atoms with Crippen LogP contribution in [0.25, 0.3) is 0 Å². The lowest BCUT2D eigenvalue weighted by atomic mass is 10.00. The summed E-state index contributed by atoms with van der Waals surface area (Å²) < 4.78 is 5.80. The van der Waals surface area contributed by atoms with Gasteiger partial charge in [0.15, 0.2) is 0 Å². The molecule has 0 aromatic heterocycles. The topological polar surface area (TPSA) is 55.6 Å². The van der Waals surface area contributed by atoms with Gasteiger partial charge in [-0.1, -0.05) is 12.1 Å². The number of nitro benzene ring substituents is 1. The van der Waals surface area contributed by atoms with Gasteiger partial charge in [0.05, 0.1) is 23.2 Å². The number of benzene rings is 1. The Kier molecular flexibility index (Phi) is 3.36. The quantitative estimate of drug-likeness (QED) is 0.597. The van der Waals surface area contributed by atoms with E-state index in [4.69, 9.17) is 4.74 Å². The molecule has 1 aliphatic rings. The van der Waals surface area contributed by atoms with Gasteiger partial charge in [-0.2, -0.15) is 0 Å². The van der Waals surface area contributed by atoms with Crippen molar-refractivity contribution in [3.8, 4) is 0 Å². The summed E-state index contributed by atoms with van der Waals surface area (Å²) in [7, 11) is 2.05. The van der Waals surface area contributed by atoms with E-state index in [1.165, 1.54) is 0 Å². The standard InChI is InChI=1S/C13H18N2O3/c1-13(2)9-14(3)12(8-18-13)10-4-6-11(7-5-10)15(16)17/h4-7,12H,8-9H2,1-3H3/t12-/m1/s1. The van der Waals surface area contributed by atoms with Crippen LogP contribution in [-0.4, -0.2) is 35.6 Å². The molecule has 0 N–H and O–H groups in total. The molecule has 98 valence electrons. The van der Waals surface area contributed by atoms with Crippen molar-refractivity contribution in [3.63, 3.8) is 0 Å². The molecule has 2 rings (SSSR count). The number of hydrogen-bond donors (Lipinski definition) is 0. The molecule has 0 unspecified atom stereocenters. The number of nitrogens with zero attached hydrogens (tertiary/aromatic N) is 2. The van der Waals surface area contributed by atoms with Crippen molar-refractivity contribution in [1.29, 1.82) is 0 Å². The second kappa shape index (κ2) is 4.66. The molecule has 5 heteroatoms. The molecule has 5 nitrogen and oxygen atoms in total. The molecule has 18 heavy (non-hydrogen) atoms. The normalized spacial score (nSPS) is 23.8. The molecule has 1 aliphatic heterocycles. The van der Waals surface area contributed by atoms with Crippen molar-refractivity contribution in [2.45, 2.75) is 25.5 Å². The van der Waals surface area contributed by atoms with Crippen molar-refractivity contribution in [1.82, 2.24) is 4.90 Å². The maximum absolute atomic E-state index is 10.6. The first-order valence-electron chi connectivity index (χ1n) is 5.98. The Morgan fingerprint density at radius 3 is 2.50 bits per heavy atom. The van der Waals surface area contributed by atoms with Gasteiger partial charge in [-0.05, 0) is 26.5 Å². The number of nitro groups is 1. The molecule has 0 saturated carbocycles. The highest BCUT2D eigenvalue weighted by Crippen LogP contribution is 2.29. The van der Waals surface area contributed by atoms with Crippen molar-refractivity contribution >= 4 is 5.69 Å². The number of non-ortho nitro benzene ring substituents is 1. The van der Waals surface area contributed by atoms with Crippen LogP contribution in [0, 0.1) is 10.1 Å². The maximum atomic E-state index is 10.6. The predicted octanol–water partition coefficient (Wildman–Crippen LogP) is 2.38. The zero-order valence-electron chi connectivity index (χ0n) is 10.9. The lowest BCUT2D eigenvalue weighted by Gasteiger charge is -2.42. The third-order valence-corrected chi connectivity index (χ3v) is 3.28. The van der Waals surface area contributed by atoms with Crippen molar-refractivity contribution in [2.24, 2.45) is 0 Å². The largest absolute Gasteiger partial charge is 0.372 e. The van der Waals surface area contributed by atoms with Crippen LogP contribution in [0.1, 0.15) is 25.5 Å². The molecule has 1 aromatic carbocycles. The molecule has 1 aromatic rings. The van der Waals surface area contributed by atoms with E-state index in [1.54, 1.807) is 24.3 Å². The van der Waals surface area contributed by atoms with Gasteiger partial charge in [0.25, 0.3) is 5.69 Å². The minimum atomic E-state index is -0.381. The van der Waals surface area contributed by atoms with E-state index in [2.05, 4.69) is 25.8 Å². The maximum Gasteiger partial charge on any atom is 0.269 e. The Bertz CT molecular complexity index is 442. The first kappa shape index (κ1) is 13.0. The average Bonchev–Trinajstić information content (AvgIpc) is 2.28. The molecule has 1 fully saturated rings. The molecule has 1 atom stereocenters. The molecule has 1 heterocycles. The summed E-state index contributed by atoms with van der Waals surface area (Å²) in [5.74, 6) is 0. The summed E-state index contributed by atoms with van der Waals surface area (Å²) in [6, 6.07) is 6.87. The third-order valence-electron chi connectivity index (χ3n) is 3.28. The number of rotatable bonds is 2. The van der Waals surface area contributed by atoms with Crippen LogP contribution in [-0.2, 0) is 4.74 Å². The first-order chi connectivity index (χ1) is 8.39.